The highest BCUT2D eigenvalue weighted by atomic mass is 19.1. The first-order valence-corrected chi connectivity index (χ1v) is 6.38. The number of hydrogen-bond donors (Lipinski definition) is 1. The summed E-state index contributed by atoms with van der Waals surface area (Å²) in [5, 5.41) is 3.95. The van der Waals surface area contributed by atoms with Gasteiger partial charge in [-0.3, -0.25) is 0 Å². The molecule has 2 unspecified atom stereocenters. The normalized spacial score (nSPS) is 14.4. The van der Waals surface area contributed by atoms with E-state index in [-0.39, 0.29) is 17.8 Å². The lowest BCUT2D eigenvalue weighted by Gasteiger charge is -2.13. The molecule has 0 radical (unpaired) electrons. The van der Waals surface area contributed by atoms with E-state index < -0.39 is 0 Å². The Hall–Kier alpha value is -1.75. The van der Waals surface area contributed by atoms with Crippen molar-refractivity contribution in [2.24, 2.45) is 5.73 Å². The summed E-state index contributed by atoms with van der Waals surface area (Å²) < 4.78 is 18.3. The van der Waals surface area contributed by atoms with Gasteiger partial charge in [0, 0.05) is 11.6 Å². The Labute approximate surface area is 111 Å². The first kappa shape index (κ1) is 13.7. The molecular formula is C14H18FN3O. The molecule has 1 aromatic carbocycles. The van der Waals surface area contributed by atoms with E-state index in [9.17, 15) is 4.39 Å². The predicted octanol–water partition coefficient (Wildman–Crippen LogP) is 3.02. The van der Waals surface area contributed by atoms with E-state index in [0.29, 0.717) is 11.7 Å². The zero-order chi connectivity index (χ0) is 14.0. The summed E-state index contributed by atoms with van der Waals surface area (Å²) in [4.78, 5) is 4.36. The number of halogens is 1. The molecule has 0 amide bonds. The summed E-state index contributed by atoms with van der Waals surface area (Å²) in [6.45, 7) is 5.79. The fraction of sp³-hybridized carbons (Fsp3) is 0.429. The smallest absolute Gasteiger partial charge is 0.231 e. The average molecular weight is 263 g/mol. The van der Waals surface area contributed by atoms with Crippen LogP contribution in [0.4, 0.5) is 4.39 Å². The number of nitrogens with two attached hydrogens (primary N) is 1. The first-order chi connectivity index (χ1) is 9.02. The number of aryl methyl sites for hydroxylation is 1. The van der Waals surface area contributed by atoms with Crippen LogP contribution in [0, 0.1) is 12.7 Å². The highest BCUT2D eigenvalue weighted by Crippen LogP contribution is 2.24. The van der Waals surface area contributed by atoms with Crippen LogP contribution in [0.25, 0.3) is 11.4 Å². The molecule has 0 fully saturated rings. The molecule has 2 atom stereocenters. The third-order valence-electron chi connectivity index (χ3n) is 3.37. The molecular weight excluding hydrogens is 245 g/mol. The quantitative estimate of drug-likeness (QED) is 0.920. The summed E-state index contributed by atoms with van der Waals surface area (Å²) in [5.41, 5.74) is 7.52. The maximum absolute atomic E-state index is 13.1. The van der Waals surface area contributed by atoms with E-state index in [1.165, 1.54) is 12.1 Å². The van der Waals surface area contributed by atoms with Gasteiger partial charge in [-0.2, -0.15) is 4.98 Å². The molecule has 1 heterocycles. The minimum Gasteiger partial charge on any atom is -0.339 e. The molecule has 0 aliphatic carbocycles. The van der Waals surface area contributed by atoms with Gasteiger partial charge in [0.1, 0.15) is 5.82 Å². The summed E-state index contributed by atoms with van der Waals surface area (Å²) in [6, 6.07) is 4.48. The Kier molecular flexibility index (Phi) is 3.95. The molecule has 0 spiro atoms. The van der Waals surface area contributed by atoms with Crippen molar-refractivity contribution in [3.8, 4) is 11.4 Å². The van der Waals surface area contributed by atoms with Crippen molar-refractivity contribution in [3.63, 3.8) is 0 Å². The second kappa shape index (κ2) is 5.48. The van der Waals surface area contributed by atoms with Crippen LogP contribution in [0.3, 0.4) is 0 Å². The second-order valence-corrected chi connectivity index (χ2v) is 4.78. The van der Waals surface area contributed by atoms with E-state index >= 15 is 0 Å². The molecule has 4 nitrogen and oxygen atoms in total. The Bertz CT molecular complexity index is 568. The molecule has 2 N–H and O–H groups in total. The van der Waals surface area contributed by atoms with E-state index in [1.54, 1.807) is 6.07 Å². The molecule has 0 aliphatic heterocycles. The van der Waals surface area contributed by atoms with Gasteiger partial charge >= 0.3 is 0 Å². The summed E-state index contributed by atoms with van der Waals surface area (Å²) in [7, 11) is 0. The van der Waals surface area contributed by atoms with Gasteiger partial charge in [0.05, 0.1) is 5.92 Å². The van der Waals surface area contributed by atoms with E-state index in [2.05, 4.69) is 10.1 Å². The van der Waals surface area contributed by atoms with Crippen LogP contribution in [-0.4, -0.2) is 16.2 Å². The predicted molar refractivity (Wildman–Crippen MR) is 71.1 cm³/mol. The molecule has 1 aromatic heterocycles. The molecule has 5 heteroatoms. The number of hydrogen-bond acceptors (Lipinski definition) is 4. The Morgan fingerprint density at radius 1 is 1.42 bits per heavy atom. The number of benzene rings is 1. The molecule has 0 aliphatic rings. The van der Waals surface area contributed by atoms with Gasteiger partial charge in [0.15, 0.2) is 0 Å². The van der Waals surface area contributed by atoms with Crippen molar-refractivity contribution in [1.29, 1.82) is 0 Å². The third kappa shape index (κ3) is 2.81. The Morgan fingerprint density at radius 3 is 2.79 bits per heavy atom. The van der Waals surface area contributed by atoms with E-state index in [0.717, 1.165) is 17.5 Å². The van der Waals surface area contributed by atoms with Crippen molar-refractivity contribution < 1.29 is 8.91 Å². The summed E-state index contributed by atoms with van der Waals surface area (Å²) in [6.07, 6.45) is 0.842. The molecule has 2 aromatic rings. The van der Waals surface area contributed by atoms with Gasteiger partial charge in [-0.15, -0.1) is 0 Å². The number of aromatic nitrogens is 2. The molecule has 102 valence electrons. The van der Waals surface area contributed by atoms with Crippen LogP contribution in [-0.2, 0) is 0 Å². The lowest BCUT2D eigenvalue weighted by Crippen LogP contribution is -2.25. The minimum atomic E-state index is -0.272. The second-order valence-electron chi connectivity index (χ2n) is 4.78. The molecule has 19 heavy (non-hydrogen) atoms. The largest absolute Gasteiger partial charge is 0.339 e. The SMILES string of the molecule is CCC(N)C(C)c1nc(-c2ccc(F)cc2C)no1. The average Bonchev–Trinajstić information content (AvgIpc) is 2.86. The minimum absolute atomic E-state index is 0.00649. The van der Waals surface area contributed by atoms with Crippen LogP contribution in [0.1, 0.15) is 37.6 Å². The standard InChI is InChI=1S/C14H18FN3O/c1-4-12(16)9(3)14-17-13(18-19-14)11-6-5-10(15)7-8(11)2/h5-7,9,12H,4,16H2,1-3H3. The molecule has 0 saturated heterocycles. The monoisotopic (exact) mass is 263 g/mol. The van der Waals surface area contributed by atoms with E-state index in [1.807, 2.05) is 20.8 Å². The fourth-order valence-corrected chi connectivity index (χ4v) is 1.94. The molecule has 2 rings (SSSR count). The van der Waals surface area contributed by atoms with Crippen LogP contribution in [0.2, 0.25) is 0 Å². The highest BCUT2D eigenvalue weighted by Gasteiger charge is 2.20. The lowest BCUT2D eigenvalue weighted by atomic mass is 10.0. The Balaban J connectivity index is 2.30. The van der Waals surface area contributed by atoms with Gasteiger partial charge < -0.3 is 10.3 Å². The van der Waals surface area contributed by atoms with Crippen molar-refractivity contribution in [2.45, 2.75) is 39.2 Å². The summed E-state index contributed by atoms with van der Waals surface area (Å²) in [5.74, 6) is 0.731. The zero-order valence-corrected chi connectivity index (χ0v) is 11.4. The summed E-state index contributed by atoms with van der Waals surface area (Å²) >= 11 is 0. The number of rotatable bonds is 4. The van der Waals surface area contributed by atoms with Crippen LogP contribution in [0.15, 0.2) is 22.7 Å². The van der Waals surface area contributed by atoms with Crippen molar-refractivity contribution in [2.75, 3.05) is 0 Å². The lowest BCUT2D eigenvalue weighted by molar-refractivity contribution is 0.340. The number of nitrogens with zero attached hydrogens (tertiary/aromatic N) is 2. The van der Waals surface area contributed by atoms with Gasteiger partial charge in [0.25, 0.3) is 0 Å². The van der Waals surface area contributed by atoms with Crippen molar-refractivity contribution in [3.05, 3.63) is 35.5 Å². The van der Waals surface area contributed by atoms with Gasteiger partial charge in [0.2, 0.25) is 11.7 Å². The van der Waals surface area contributed by atoms with Crippen molar-refractivity contribution in [1.82, 2.24) is 10.1 Å². The van der Waals surface area contributed by atoms with Crippen LogP contribution < -0.4 is 5.73 Å². The van der Waals surface area contributed by atoms with Gasteiger partial charge in [-0.1, -0.05) is 19.0 Å². The van der Waals surface area contributed by atoms with Gasteiger partial charge in [-0.05, 0) is 37.1 Å². The Morgan fingerprint density at radius 2 is 2.16 bits per heavy atom. The van der Waals surface area contributed by atoms with E-state index in [4.69, 9.17) is 10.3 Å². The fourth-order valence-electron chi connectivity index (χ4n) is 1.94. The van der Waals surface area contributed by atoms with Crippen LogP contribution in [0.5, 0.6) is 0 Å². The zero-order valence-electron chi connectivity index (χ0n) is 11.4. The van der Waals surface area contributed by atoms with Gasteiger partial charge in [-0.25, -0.2) is 4.39 Å². The maximum Gasteiger partial charge on any atom is 0.231 e. The third-order valence-corrected chi connectivity index (χ3v) is 3.37. The van der Waals surface area contributed by atoms with Crippen molar-refractivity contribution >= 4 is 0 Å². The highest BCUT2D eigenvalue weighted by molar-refractivity contribution is 5.59. The molecule has 0 bridgehead atoms. The maximum atomic E-state index is 13.1. The topological polar surface area (TPSA) is 64.9 Å². The first-order valence-electron chi connectivity index (χ1n) is 6.38. The van der Waals surface area contributed by atoms with Crippen LogP contribution >= 0.6 is 0 Å². The molecule has 0 saturated carbocycles.